The Morgan fingerprint density at radius 2 is 2.08 bits per heavy atom. The van der Waals surface area contributed by atoms with Crippen molar-refractivity contribution in [1.29, 1.82) is 5.26 Å². The third-order valence-electron chi connectivity index (χ3n) is 3.44. The molecule has 2 nitrogen and oxygen atoms in total. The molecule has 2 aliphatic rings. The standard InChI is InChI=1S/C11H17NO/c12-9-11(5-1-2-6-11)8-10-4-3-7-13-10/h10H,1-8H2. The lowest BCUT2D eigenvalue weighted by Gasteiger charge is -2.23. The Labute approximate surface area is 79.9 Å². The zero-order chi connectivity index (χ0) is 9.15. The van der Waals surface area contributed by atoms with Gasteiger partial charge in [0.2, 0.25) is 0 Å². The highest BCUT2D eigenvalue weighted by Gasteiger charge is 2.37. The van der Waals surface area contributed by atoms with Gasteiger partial charge < -0.3 is 4.74 Å². The minimum absolute atomic E-state index is 0.0188. The molecule has 1 saturated heterocycles. The van der Waals surface area contributed by atoms with Crippen LogP contribution < -0.4 is 0 Å². The van der Waals surface area contributed by atoms with Gasteiger partial charge in [-0.3, -0.25) is 0 Å². The predicted molar refractivity (Wildman–Crippen MR) is 50.1 cm³/mol. The highest BCUT2D eigenvalue weighted by molar-refractivity contribution is 5.03. The summed E-state index contributed by atoms with van der Waals surface area (Å²) in [6.45, 7) is 0.909. The van der Waals surface area contributed by atoms with Gasteiger partial charge in [-0.25, -0.2) is 0 Å². The molecule has 1 atom stereocenters. The van der Waals surface area contributed by atoms with Gasteiger partial charge in [-0.2, -0.15) is 5.26 Å². The van der Waals surface area contributed by atoms with Crippen LogP contribution in [0.25, 0.3) is 0 Å². The van der Waals surface area contributed by atoms with E-state index >= 15 is 0 Å². The van der Waals surface area contributed by atoms with Crippen LogP contribution in [-0.2, 0) is 4.74 Å². The molecule has 72 valence electrons. The molecule has 1 saturated carbocycles. The van der Waals surface area contributed by atoms with Crippen molar-refractivity contribution in [2.75, 3.05) is 6.61 Å². The van der Waals surface area contributed by atoms with Gasteiger partial charge in [0.1, 0.15) is 0 Å². The first-order chi connectivity index (χ1) is 6.35. The van der Waals surface area contributed by atoms with E-state index in [0.29, 0.717) is 6.10 Å². The van der Waals surface area contributed by atoms with Crippen molar-refractivity contribution in [2.24, 2.45) is 5.41 Å². The molecule has 1 aliphatic heterocycles. The van der Waals surface area contributed by atoms with E-state index in [1.54, 1.807) is 0 Å². The molecule has 1 heterocycles. The minimum Gasteiger partial charge on any atom is -0.378 e. The Hall–Kier alpha value is -0.550. The van der Waals surface area contributed by atoms with Crippen molar-refractivity contribution in [3.8, 4) is 6.07 Å². The fourth-order valence-electron chi connectivity index (χ4n) is 2.65. The molecule has 0 aromatic heterocycles. The highest BCUT2D eigenvalue weighted by atomic mass is 16.5. The zero-order valence-electron chi connectivity index (χ0n) is 8.09. The molecule has 1 aliphatic carbocycles. The van der Waals surface area contributed by atoms with Crippen LogP contribution >= 0.6 is 0 Å². The Morgan fingerprint density at radius 3 is 2.62 bits per heavy atom. The summed E-state index contributed by atoms with van der Waals surface area (Å²) in [6, 6.07) is 2.52. The van der Waals surface area contributed by atoms with E-state index < -0.39 is 0 Å². The van der Waals surface area contributed by atoms with Crippen LogP contribution in [0.15, 0.2) is 0 Å². The molecule has 0 aromatic carbocycles. The van der Waals surface area contributed by atoms with Crippen LogP contribution in [0.1, 0.15) is 44.9 Å². The Morgan fingerprint density at radius 1 is 1.31 bits per heavy atom. The van der Waals surface area contributed by atoms with Crippen LogP contribution in [0.4, 0.5) is 0 Å². The Balaban J connectivity index is 1.93. The van der Waals surface area contributed by atoms with Gasteiger partial charge in [0.05, 0.1) is 17.6 Å². The van der Waals surface area contributed by atoms with E-state index in [1.165, 1.54) is 25.7 Å². The maximum Gasteiger partial charge on any atom is 0.0690 e. The van der Waals surface area contributed by atoms with Crippen molar-refractivity contribution in [1.82, 2.24) is 0 Å². The van der Waals surface area contributed by atoms with Crippen LogP contribution in [0.5, 0.6) is 0 Å². The van der Waals surface area contributed by atoms with Gasteiger partial charge in [0.25, 0.3) is 0 Å². The number of rotatable bonds is 2. The summed E-state index contributed by atoms with van der Waals surface area (Å²) in [5.74, 6) is 0. The Kier molecular flexibility index (Phi) is 2.55. The number of hydrogen-bond acceptors (Lipinski definition) is 2. The largest absolute Gasteiger partial charge is 0.378 e. The number of nitriles is 1. The summed E-state index contributed by atoms with van der Waals surface area (Å²) in [5, 5.41) is 9.17. The van der Waals surface area contributed by atoms with Crippen molar-refractivity contribution >= 4 is 0 Å². The van der Waals surface area contributed by atoms with Crippen LogP contribution in [0, 0.1) is 16.7 Å². The predicted octanol–water partition coefficient (Wildman–Crippen LogP) is 2.64. The Bertz CT molecular complexity index is 207. The number of nitrogens with zero attached hydrogens (tertiary/aromatic N) is 1. The molecular weight excluding hydrogens is 162 g/mol. The van der Waals surface area contributed by atoms with E-state index in [2.05, 4.69) is 6.07 Å². The first-order valence-electron chi connectivity index (χ1n) is 5.38. The van der Waals surface area contributed by atoms with Crippen molar-refractivity contribution in [2.45, 2.75) is 51.0 Å². The van der Waals surface area contributed by atoms with Gasteiger partial charge in [-0.1, -0.05) is 12.8 Å². The van der Waals surface area contributed by atoms with Crippen molar-refractivity contribution in [3.05, 3.63) is 0 Å². The smallest absolute Gasteiger partial charge is 0.0690 e. The summed E-state index contributed by atoms with van der Waals surface area (Å²) in [7, 11) is 0. The van der Waals surface area contributed by atoms with E-state index in [9.17, 15) is 5.26 Å². The molecule has 2 heteroatoms. The second-order valence-electron chi connectivity index (χ2n) is 4.44. The number of hydrogen-bond donors (Lipinski definition) is 0. The molecule has 2 rings (SSSR count). The summed E-state index contributed by atoms with van der Waals surface area (Å²) in [4.78, 5) is 0. The molecule has 0 N–H and O–H groups in total. The molecule has 2 fully saturated rings. The van der Waals surface area contributed by atoms with Crippen molar-refractivity contribution < 1.29 is 4.74 Å². The van der Waals surface area contributed by atoms with Crippen LogP contribution in [-0.4, -0.2) is 12.7 Å². The normalized spacial score (nSPS) is 31.8. The lowest BCUT2D eigenvalue weighted by molar-refractivity contribution is 0.0776. The molecule has 0 spiro atoms. The first kappa shape index (κ1) is 9.02. The SMILES string of the molecule is N#CC1(CC2CCCO2)CCCC1. The maximum absolute atomic E-state index is 9.17. The fourth-order valence-corrected chi connectivity index (χ4v) is 2.65. The number of ether oxygens (including phenoxy) is 1. The molecule has 0 aromatic rings. The molecule has 1 unspecified atom stereocenters. The van der Waals surface area contributed by atoms with E-state index in [1.807, 2.05) is 0 Å². The van der Waals surface area contributed by atoms with E-state index in [4.69, 9.17) is 4.74 Å². The maximum atomic E-state index is 9.17. The topological polar surface area (TPSA) is 33.0 Å². The summed E-state index contributed by atoms with van der Waals surface area (Å²) in [6.07, 6.45) is 8.41. The average molecular weight is 179 g/mol. The van der Waals surface area contributed by atoms with Crippen molar-refractivity contribution in [3.63, 3.8) is 0 Å². The molecule has 0 amide bonds. The molecule has 0 bridgehead atoms. The summed E-state index contributed by atoms with van der Waals surface area (Å²) < 4.78 is 5.59. The van der Waals surface area contributed by atoms with Gasteiger partial charge in [-0.05, 0) is 32.1 Å². The highest BCUT2D eigenvalue weighted by Crippen LogP contribution is 2.42. The second kappa shape index (κ2) is 3.67. The summed E-state index contributed by atoms with van der Waals surface area (Å²) >= 11 is 0. The molecule has 13 heavy (non-hydrogen) atoms. The minimum atomic E-state index is -0.0188. The van der Waals surface area contributed by atoms with Gasteiger partial charge in [-0.15, -0.1) is 0 Å². The van der Waals surface area contributed by atoms with Crippen LogP contribution in [0.3, 0.4) is 0 Å². The van der Waals surface area contributed by atoms with E-state index in [-0.39, 0.29) is 5.41 Å². The first-order valence-corrected chi connectivity index (χ1v) is 5.38. The fraction of sp³-hybridized carbons (Fsp3) is 0.909. The van der Waals surface area contributed by atoms with Crippen LogP contribution in [0.2, 0.25) is 0 Å². The zero-order valence-corrected chi connectivity index (χ0v) is 8.09. The average Bonchev–Trinajstić information content (AvgIpc) is 2.77. The van der Waals surface area contributed by atoms with Gasteiger partial charge in [0, 0.05) is 6.61 Å². The lowest BCUT2D eigenvalue weighted by Crippen LogP contribution is -2.21. The third-order valence-corrected chi connectivity index (χ3v) is 3.44. The van der Waals surface area contributed by atoms with Gasteiger partial charge in [0.15, 0.2) is 0 Å². The molecular formula is C11H17NO. The summed E-state index contributed by atoms with van der Waals surface area (Å²) in [5.41, 5.74) is -0.0188. The quantitative estimate of drug-likeness (QED) is 0.652. The third kappa shape index (κ3) is 1.86. The van der Waals surface area contributed by atoms with Gasteiger partial charge >= 0.3 is 0 Å². The lowest BCUT2D eigenvalue weighted by atomic mass is 9.82. The monoisotopic (exact) mass is 179 g/mol. The second-order valence-corrected chi connectivity index (χ2v) is 4.44. The van der Waals surface area contributed by atoms with E-state index in [0.717, 1.165) is 25.9 Å². The molecule has 0 radical (unpaired) electrons.